The van der Waals surface area contributed by atoms with E-state index in [-0.39, 0.29) is 0 Å². The second-order valence-electron chi connectivity index (χ2n) is 12.2. The maximum Gasteiger partial charge on any atom is 0.109 e. The lowest BCUT2D eigenvalue weighted by Gasteiger charge is -2.27. The number of aromatic nitrogens is 3. The molecular formula is C43H29N5O. The Morgan fingerprint density at radius 2 is 1.10 bits per heavy atom. The van der Waals surface area contributed by atoms with Crippen LogP contribution >= 0.6 is 0 Å². The molecule has 0 saturated heterocycles. The van der Waals surface area contributed by atoms with Gasteiger partial charge in [0, 0.05) is 44.0 Å². The highest BCUT2D eigenvalue weighted by Gasteiger charge is 2.31. The quantitative estimate of drug-likeness (QED) is 0.115. The fourth-order valence-electron chi connectivity index (χ4n) is 6.92. The third kappa shape index (κ3) is 4.85. The molecule has 0 amide bonds. The first-order valence-corrected chi connectivity index (χ1v) is 16.2. The van der Waals surface area contributed by atoms with Gasteiger partial charge in [-0.2, -0.15) is 0 Å². The van der Waals surface area contributed by atoms with Crippen LogP contribution in [0.25, 0.3) is 78.1 Å². The van der Waals surface area contributed by atoms with E-state index in [1.54, 1.807) is 0 Å². The number of rotatable bonds is 4. The molecule has 0 radical (unpaired) electrons. The van der Waals surface area contributed by atoms with Gasteiger partial charge in [0.05, 0.1) is 39.7 Å². The summed E-state index contributed by atoms with van der Waals surface area (Å²) in [4.78, 5) is 15.5. The topological polar surface area (TPSA) is 97.3 Å². The van der Waals surface area contributed by atoms with Gasteiger partial charge in [-0.15, -0.1) is 0 Å². The SMILES string of the molecule is NC1C(c2ccccc2)=Cc2c(-c3ccccc3)nc3ccc(-c4ccc5ccc6ccc(-c7ccccc7)nc6c5n4)cc3c2/C1=N/O. The lowest BCUT2D eigenvalue weighted by atomic mass is 9.80. The van der Waals surface area contributed by atoms with Gasteiger partial charge in [0.15, 0.2) is 0 Å². The summed E-state index contributed by atoms with van der Waals surface area (Å²) in [6.45, 7) is 0. The van der Waals surface area contributed by atoms with Crippen LogP contribution in [0.1, 0.15) is 16.7 Å². The van der Waals surface area contributed by atoms with Crippen LogP contribution in [-0.4, -0.2) is 31.9 Å². The second kappa shape index (κ2) is 11.6. The highest BCUT2D eigenvalue weighted by molar-refractivity contribution is 6.24. The zero-order valence-corrected chi connectivity index (χ0v) is 26.3. The van der Waals surface area contributed by atoms with Gasteiger partial charge in [-0.25, -0.2) is 15.0 Å². The van der Waals surface area contributed by atoms with Gasteiger partial charge in [-0.3, -0.25) is 0 Å². The summed E-state index contributed by atoms with van der Waals surface area (Å²) in [5.41, 5.74) is 18.6. The van der Waals surface area contributed by atoms with E-state index in [1.165, 1.54) is 0 Å². The first-order chi connectivity index (χ1) is 24.2. The van der Waals surface area contributed by atoms with Crippen LogP contribution in [0.3, 0.4) is 0 Å². The van der Waals surface area contributed by atoms with E-state index in [0.717, 1.165) is 88.7 Å². The van der Waals surface area contributed by atoms with E-state index >= 15 is 0 Å². The van der Waals surface area contributed by atoms with Crippen molar-refractivity contribution in [1.29, 1.82) is 0 Å². The van der Waals surface area contributed by atoms with Crippen molar-refractivity contribution in [2.75, 3.05) is 0 Å². The van der Waals surface area contributed by atoms with Crippen LogP contribution in [0.4, 0.5) is 0 Å². The van der Waals surface area contributed by atoms with Gasteiger partial charge >= 0.3 is 0 Å². The first kappa shape index (κ1) is 28.7. The van der Waals surface area contributed by atoms with E-state index in [4.69, 9.17) is 20.7 Å². The van der Waals surface area contributed by atoms with E-state index < -0.39 is 6.04 Å². The van der Waals surface area contributed by atoms with Crippen molar-refractivity contribution < 1.29 is 5.21 Å². The number of nitrogens with two attached hydrogens (primary N) is 1. The Labute approximate surface area is 282 Å². The fourth-order valence-corrected chi connectivity index (χ4v) is 6.92. The van der Waals surface area contributed by atoms with Crippen molar-refractivity contribution in [3.05, 3.63) is 162 Å². The normalized spacial score (nSPS) is 15.1. The average molecular weight is 632 g/mol. The molecule has 8 aromatic rings. The van der Waals surface area contributed by atoms with Gasteiger partial charge in [0.2, 0.25) is 0 Å². The number of benzene rings is 5. The summed E-state index contributed by atoms with van der Waals surface area (Å²) in [6.07, 6.45) is 2.10. The summed E-state index contributed by atoms with van der Waals surface area (Å²) in [5.74, 6) is 0. The zero-order chi connectivity index (χ0) is 32.9. The molecule has 0 fully saturated rings. The van der Waals surface area contributed by atoms with Crippen LogP contribution in [0.15, 0.2) is 151 Å². The average Bonchev–Trinajstić information content (AvgIpc) is 3.17. The Morgan fingerprint density at radius 1 is 0.551 bits per heavy atom. The number of nitrogens with zero attached hydrogens (tertiary/aromatic N) is 4. The third-order valence-corrected chi connectivity index (χ3v) is 9.36. The van der Waals surface area contributed by atoms with Gasteiger partial charge < -0.3 is 10.9 Å². The Hall–Kier alpha value is -6.50. The number of hydrogen-bond donors (Lipinski definition) is 2. The molecule has 9 rings (SSSR count). The molecular weight excluding hydrogens is 603 g/mol. The van der Waals surface area contributed by atoms with E-state index in [2.05, 4.69) is 59.8 Å². The molecule has 1 atom stereocenters. The standard InChI is InChI=1S/C43H29N5O/c44-39-32(26-10-4-1-5-11-26)25-34-38(43(39)48-49)33-24-31(20-23-37(33)47-40(34)28-14-8-3-9-15-28)36-22-19-30-17-16-29-18-21-35(27-12-6-2-7-13-27)45-41(29)42(30)46-36/h1-25,39,49H,44H2/b48-43-. The molecule has 49 heavy (non-hydrogen) atoms. The number of pyridine rings is 3. The first-order valence-electron chi connectivity index (χ1n) is 16.2. The monoisotopic (exact) mass is 631 g/mol. The Bertz CT molecular complexity index is 2620. The van der Waals surface area contributed by atoms with Crippen LogP contribution in [0.5, 0.6) is 0 Å². The number of oxime groups is 1. The van der Waals surface area contributed by atoms with Gasteiger partial charge in [-0.05, 0) is 41.5 Å². The molecule has 3 heterocycles. The molecule has 3 N–H and O–H groups in total. The Balaban J connectivity index is 1.27. The minimum Gasteiger partial charge on any atom is -0.411 e. The minimum atomic E-state index is -0.646. The predicted octanol–water partition coefficient (Wildman–Crippen LogP) is 9.39. The molecule has 5 aromatic carbocycles. The second-order valence-corrected chi connectivity index (χ2v) is 12.2. The van der Waals surface area contributed by atoms with Crippen molar-refractivity contribution in [3.8, 4) is 33.8 Å². The Kier molecular flexibility index (Phi) is 6.81. The lowest BCUT2D eigenvalue weighted by Crippen LogP contribution is -2.35. The molecule has 0 spiro atoms. The summed E-state index contributed by atoms with van der Waals surface area (Å²) >= 11 is 0. The van der Waals surface area contributed by atoms with E-state index in [9.17, 15) is 5.21 Å². The summed E-state index contributed by atoms with van der Waals surface area (Å²) in [5, 5.41) is 17.3. The van der Waals surface area contributed by atoms with Gasteiger partial charge in [0.1, 0.15) is 5.71 Å². The number of fused-ring (bicyclic) bond motifs is 6. The summed E-state index contributed by atoms with van der Waals surface area (Å²) < 4.78 is 0. The molecule has 0 aliphatic heterocycles. The van der Waals surface area contributed by atoms with Gasteiger partial charge in [-0.1, -0.05) is 126 Å². The van der Waals surface area contributed by atoms with E-state index in [0.29, 0.717) is 5.71 Å². The maximum absolute atomic E-state index is 10.5. The number of hydrogen-bond acceptors (Lipinski definition) is 6. The molecule has 0 saturated carbocycles. The van der Waals surface area contributed by atoms with Crippen LogP contribution < -0.4 is 5.73 Å². The van der Waals surface area contributed by atoms with Crippen LogP contribution in [0.2, 0.25) is 0 Å². The summed E-state index contributed by atoms with van der Waals surface area (Å²) in [7, 11) is 0. The largest absolute Gasteiger partial charge is 0.411 e. The molecule has 232 valence electrons. The van der Waals surface area contributed by atoms with Crippen LogP contribution in [-0.2, 0) is 0 Å². The van der Waals surface area contributed by atoms with Gasteiger partial charge in [0.25, 0.3) is 0 Å². The van der Waals surface area contributed by atoms with Crippen molar-refractivity contribution in [1.82, 2.24) is 15.0 Å². The van der Waals surface area contributed by atoms with Crippen LogP contribution in [0, 0.1) is 0 Å². The predicted molar refractivity (Wildman–Crippen MR) is 199 cm³/mol. The molecule has 1 unspecified atom stereocenters. The smallest absolute Gasteiger partial charge is 0.109 e. The fraction of sp³-hybridized carbons (Fsp3) is 0.0233. The minimum absolute atomic E-state index is 0.396. The molecule has 1 aliphatic carbocycles. The molecule has 6 heteroatoms. The van der Waals surface area contributed by atoms with Crippen molar-refractivity contribution in [3.63, 3.8) is 0 Å². The highest BCUT2D eigenvalue weighted by atomic mass is 16.4. The molecule has 6 nitrogen and oxygen atoms in total. The van der Waals surface area contributed by atoms with Crippen molar-refractivity contribution >= 4 is 50.1 Å². The zero-order valence-electron chi connectivity index (χ0n) is 26.3. The molecule has 3 aromatic heterocycles. The Morgan fingerprint density at radius 3 is 1.71 bits per heavy atom. The molecule has 0 bridgehead atoms. The lowest BCUT2D eigenvalue weighted by molar-refractivity contribution is 0.318. The van der Waals surface area contributed by atoms with Crippen molar-refractivity contribution in [2.24, 2.45) is 10.9 Å². The van der Waals surface area contributed by atoms with E-state index in [1.807, 2.05) is 97.1 Å². The van der Waals surface area contributed by atoms with Crippen molar-refractivity contribution in [2.45, 2.75) is 6.04 Å². The maximum atomic E-state index is 10.5. The highest BCUT2D eigenvalue weighted by Crippen LogP contribution is 2.40. The third-order valence-electron chi connectivity index (χ3n) is 9.36. The summed E-state index contributed by atoms with van der Waals surface area (Å²) in [6, 6.07) is 48.2. The molecule has 1 aliphatic rings.